The zero-order valence-corrected chi connectivity index (χ0v) is 16.0. The van der Waals surface area contributed by atoms with E-state index < -0.39 is 10.0 Å². The van der Waals surface area contributed by atoms with Crippen molar-refractivity contribution in [1.29, 1.82) is 0 Å². The molecule has 1 aliphatic heterocycles. The lowest BCUT2D eigenvalue weighted by Gasteiger charge is -2.31. The highest BCUT2D eigenvalue weighted by Gasteiger charge is 2.27. The largest absolute Gasteiger partial charge is 0.374 e. The minimum Gasteiger partial charge on any atom is -0.374 e. The second kappa shape index (κ2) is 7.30. The molecule has 1 aromatic heterocycles. The number of nitrogens with zero attached hydrogens (tertiary/aromatic N) is 2. The van der Waals surface area contributed by atoms with Crippen molar-refractivity contribution < 1.29 is 17.9 Å². The lowest BCUT2D eigenvalue weighted by Crippen LogP contribution is -2.49. The maximum Gasteiger partial charge on any atom is 0.252 e. The van der Waals surface area contributed by atoms with E-state index in [4.69, 9.17) is 4.74 Å². The zero-order chi connectivity index (χ0) is 18.9. The molecule has 1 N–H and O–H groups in total. The van der Waals surface area contributed by atoms with Crippen LogP contribution in [0.5, 0.6) is 0 Å². The third-order valence-electron chi connectivity index (χ3n) is 4.47. The van der Waals surface area contributed by atoms with Crippen LogP contribution in [0.4, 0.5) is 0 Å². The molecule has 0 bridgehead atoms. The van der Waals surface area contributed by atoms with E-state index in [1.54, 1.807) is 6.07 Å². The van der Waals surface area contributed by atoms with Crippen LogP contribution in [0.15, 0.2) is 24.3 Å². The fourth-order valence-corrected chi connectivity index (χ4v) is 3.97. The first-order chi connectivity index (χ1) is 12.3. The molecule has 140 valence electrons. The van der Waals surface area contributed by atoms with Gasteiger partial charge < -0.3 is 10.1 Å². The number of amides is 1. The molecule has 0 spiro atoms. The number of aryl methyl sites for hydroxylation is 2. The van der Waals surface area contributed by atoms with Crippen LogP contribution in [0.25, 0.3) is 10.9 Å². The number of fused-ring (bicyclic) bond motifs is 1. The molecule has 1 aromatic carbocycles. The number of carbonyl (C=O) groups is 1. The Bertz CT molecular complexity index is 943. The highest BCUT2D eigenvalue weighted by molar-refractivity contribution is 7.88. The maximum absolute atomic E-state index is 12.7. The van der Waals surface area contributed by atoms with Gasteiger partial charge in [0, 0.05) is 30.7 Å². The van der Waals surface area contributed by atoms with Crippen LogP contribution < -0.4 is 5.32 Å². The molecule has 1 amide bonds. The van der Waals surface area contributed by atoms with Gasteiger partial charge in [0.2, 0.25) is 10.0 Å². The Labute approximate surface area is 153 Å². The Kier molecular flexibility index (Phi) is 5.27. The highest BCUT2D eigenvalue weighted by atomic mass is 32.2. The number of nitrogens with one attached hydrogen (secondary N) is 1. The molecule has 8 heteroatoms. The average molecular weight is 377 g/mol. The summed E-state index contributed by atoms with van der Waals surface area (Å²) in [6.45, 7) is 4.98. The number of sulfonamides is 1. The van der Waals surface area contributed by atoms with Crippen LogP contribution in [0, 0.1) is 13.8 Å². The molecule has 0 unspecified atom stereocenters. The quantitative estimate of drug-likeness (QED) is 0.866. The first kappa shape index (κ1) is 18.8. The molecule has 26 heavy (non-hydrogen) atoms. The standard InChI is InChI=1S/C18H23N3O4S/c1-12-5-4-6-15-16(9-13(2)20-17(12)15)18(22)19-10-14-11-21(7-8-25-14)26(3,23)24/h4-6,9,14H,7-8,10-11H2,1-3H3,(H,19,22)/t14-/m0/s1. The van der Waals surface area contributed by atoms with E-state index in [2.05, 4.69) is 10.3 Å². The summed E-state index contributed by atoms with van der Waals surface area (Å²) in [5.74, 6) is -0.217. The van der Waals surface area contributed by atoms with Crippen molar-refractivity contribution in [3.05, 3.63) is 41.1 Å². The van der Waals surface area contributed by atoms with Crippen LogP contribution in [0.1, 0.15) is 21.6 Å². The summed E-state index contributed by atoms with van der Waals surface area (Å²) in [5, 5.41) is 3.67. The predicted octanol–water partition coefficient (Wildman–Crippen LogP) is 1.24. The second-order valence-corrected chi connectivity index (χ2v) is 8.59. The fraction of sp³-hybridized carbons (Fsp3) is 0.444. The first-order valence-electron chi connectivity index (χ1n) is 8.47. The number of para-hydroxylation sites is 1. The Hall–Kier alpha value is -2.03. The van der Waals surface area contributed by atoms with Gasteiger partial charge in [0.25, 0.3) is 5.91 Å². The van der Waals surface area contributed by atoms with Gasteiger partial charge in [0.1, 0.15) is 0 Å². The minimum absolute atomic E-state index is 0.217. The smallest absolute Gasteiger partial charge is 0.252 e. The topological polar surface area (TPSA) is 88.6 Å². The van der Waals surface area contributed by atoms with Crippen LogP contribution in [-0.4, -0.2) is 62.2 Å². The molecule has 2 heterocycles. The molecule has 1 saturated heterocycles. The van der Waals surface area contributed by atoms with E-state index >= 15 is 0 Å². The molecule has 0 radical (unpaired) electrons. The van der Waals surface area contributed by atoms with Crippen LogP contribution in [0.3, 0.4) is 0 Å². The number of rotatable bonds is 4. The molecular formula is C18H23N3O4S. The summed E-state index contributed by atoms with van der Waals surface area (Å²) in [4.78, 5) is 17.2. The lowest BCUT2D eigenvalue weighted by molar-refractivity contribution is 0.000447. The SMILES string of the molecule is Cc1cc(C(=O)NC[C@H]2CN(S(C)(=O)=O)CCO2)c2cccc(C)c2n1. The number of pyridine rings is 1. The van der Waals surface area contributed by atoms with E-state index in [0.717, 1.165) is 22.2 Å². The summed E-state index contributed by atoms with van der Waals surface area (Å²) in [6.07, 6.45) is 0.820. The molecule has 3 rings (SSSR count). The summed E-state index contributed by atoms with van der Waals surface area (Å²) < 4.78 is 30.3. The zero-order valence-electron chi connectivity index (χ0n) is 15.2. The molecule has 0 saturated carbocycles. The number of benzene rings is 1. The van der Waals surface area contributed by atoms with Crippen molar-refractivity contribution in [3.8, 4) is 0 Å². The molecular weight excluding hydrogens is 354 g/mol. The summed E-state index contributed by atoms with van der Waals surface area (Å²) in [5.41, 5.74) is 3.16. The summed E-state index contributed by atoms with van der Waals surface area (Å²) in [7, 11) is -3.26. The van der Waals surface area contributed by atoms with Gasteiger partial charge in [-0.25, -0.2) is 8.42 Å². The minimum atomic E-state index is -3.26. The number of hydrogen-bond acceptors (Lipinski definition) is 5. The molecule has 1 atom stereocenters. The van der Waals surface area contributed by atoms with Gasteiger partial charge in [-0.3, -0.25) is 9.78 Å². The van der Waals surface area contributed by atoms with Crippen molar-refractivity contribution >= 4 is 26.8 Å². The summed E-state index contributed by atoms with van der Waals surface area (Å²) >= 11 is 0. The molecule has 1 fully saturated rings. The third kappa shape index (κ3) is 4.03. The number of morpholine rings is 1. The van der Waals surface area contributed by atoms with Crippen molar-refractivity contribution in [2.24, 2.45) is 0 Å². The van der Waals surface area contributed by atoms with Gasteiger partial charge in [-0.15, -0.1) is 0 Å². The Balaban J connectivity index is 1.75. The Morgan fingerprint density at radius 2 is 2.15 bits per heavy atom. The van der Waals surface area contributed by atoms with Crippen LogP contribution >= 0.6 is 0 Å². The lowest BCUT2D eigenvalue weighted by atomic mass is 10.0. The number of ether oxygens (including phenoxy) is 1. The Morgan fingerprint density at radius 1 is 1.38 bits per heavy atom. The summed E-state index contributed by atoms with van der Waals surface area (Å²) in [6, 6.07) is 7.51. The highest BCUT2D eigenvalue weighted by Crippen LogP contribution is 2.21. The van der Waals surface area contributed by atoms with Gasteiger partial charge in [0.05, 0.1) is 30.0 Å². The fourth-order valence-electron chi connectivity index (χ4n) is 3.13. The predicted molar refractivity (Wildman–Crippen MR) is 99.7 cm³/mol. The molecule has 0 aliphatic carbocycles. The number of carbonyl (C=O) groups excluding carboxylic acids is 1. The van der Waals surface area contributed by atoms with Gasteiger partial charge >= 0.3 is 0 Å². The number of aromatic nitrogens is 1. The first-order valence-corrected chi connectivity index (χ1v) is 10.3. The van der Waals surface area contributed by atoms with Gasteiger partial charge in [0.15, 0.2) is 0 Å². The van der Waals surface area contributed by atoms with Crippen molar-refractivity contribution in [1.82, 2.24) is 14.6 Å². The van der Waals surface area contributed by atoms with Crippen LogP contribution in [-0.2, 0) is 14.8 Å². The third-order valence-corrected chi connectivity index (χ3v) is 5.74. The van der Waals surface area contributed by atoms with Crippen molar-refractivity contribution in [3.63, 3.8) is 0 Å². The van der Waals surface area contributed by atoms with Gasteiger partial charge in [-0.1, -0.05) is 18.2 Å². The van der Waals surface area contributed by atoms with E-state index in [9.17, 15) is 13.2 Å². The van der Waals surface area contributed by atoms with Crippen LogP contribution in [0.2, 0.25) is 0 Å². The molecule has 2 aromatic rings. The number of hydrogen-bond donors (Lipinski definition) is 1. The van der Waals surface area contributed by atoms with Crippen molar-refractivity contribution in [2.45, 2.75) is 20.0 Å². The van der Waals surface area contributed by atoms with E-state index in [1.165, 1.54) is 10.6 Å². The van der Waals surface area contributed by atoms with E-state index in [1.807, 2.05) is 32.0 Å². The molecule has 1 aliphatic rings. The second-order valence-electron chi connectivity index (χ2n) is 6.61. The van der Waals surface area contributed by atoms with E-state index in [0.29, 0.717) is 18.7 Å². The van der Waals surface area contributed by atoms with Gasteiger partial charge in [-0.05, 0) is 25.5 Å². The normalized spacial score (nSPS) is 18.8. The van der Waals surface area contributed by atoms with E-state index in [-0.39, 0.29) is 25.1 Å². The average Bonchev–Trinajstić information content (AvgIpc) is 2.59. The van der Waals surface area contributed by atoms with Gasteiger partial charge in [-0.2, -0.15) is 4.31 Å². The molecule has 7 nitrogen and oxygen atoms in total. The Morgan fingerprint density at radius 3 is 2.88 bits per heavy atom. The monoisotopic (exact) mass is 377 g/mol. The maximum atomic E-state index is 12.7. The van der Waals surface area contributed by atoms with Crippen molar-refractivity contribution in [2.75, 3.05) is 32.5 Å².